The zero-order valence-corrected chi connectivity index (χ0v) is 25.2. The molecule has 0 spiro atoms. The van der Waals surface area contributed by atoms with Crippen molar-refractivity contribution in [1.82, 2.24) is 0 Å². The number of ketones is 1. The Morgan fingerprint density at radius 2 is 0.842 bits per heavy atom. The number of hydrogen-bond acceptors (Lipinski definition) is 5. The van der Waals surface area contributed by atoms with Crippen LogP contribution in [-0.4, -0.2) is 30.5 Å². The highest BCUT2D eigenvalue weighted by molar-refractivity contribution is 7.80. The highest BCUT2D eigenvalue weighted by Gasteiger charge is 2.11. The van der Waals surface area contributed by atoms with Crippen molar-refractivity contribution in [3.05, 3.63) is 59.7 Å². The van der Waals surface area contributed by atoms with Crippen LogP contribution in [0.25, 0.3) is 0 Å². The zero-order valence-electron chi connectivity index (χ0n) is 23.4. The van der Waals surface area contributed by atoms with Crippen LogP contribution in [0.3, 0.4) is 0 Å². The third-order valence-corrected chi connectivity index (χ3v) is 7.47. The van der Waals surface area contributed by atoms with Gasteiger partial charge in [0.05, 0.1) is 13.2 Å². The van der Waals surface area contributed by atoms with Gasteiger partial charge in [0, 0.05) is 11.1 Å². The van der Waals surface area contributed by atoms with Gasteiger partial charge in [0.15, 0.2) is 5.78 Å². The monoisotopic (exact) mass is 558 g/mol. The molecule has 0 bridgehead atoms. The van der Waals surface area contributed by atoms with E-state index >= 15 is 0 Å². The molecule has 0 heterocycles. The average Bonchev–Trinajstić information content (AvgIpc) is 2.95. The number of rotatable bonds is 24. The van der Waals surface area contributed by atoms with Crippen LogP contribution < -0.4 is 9.47 Å². The lowest BCUT2D eigenvalue weighted by Crippen LogP contribution is -2.04. The summed E-state index contributed by atoms with van der Waals surface area (Å²) >= 11 is 8.53. The van der Waals surface area contributed by atoms with Crippen molar-refractivity contribution >= 4 is 31.0 Å². The maximum atomic E-state index is 13.1. The highest BCUT2D eigenvalue weighted by atomic mass is 32.1. The van der Waals surface area contributed by atoms with Crippen LogP contribution in [0.5, 0.6) is 11.5 Å². The van der Waals surface area contributed by atoms with Crippen LogP contribution in [0, 0.1) is 0 Å². The molecule has 3 nitrogen and oxygen atoms in total. The van der Waals surface area contributed by atoms with Crippen LogP contribution in [-0.2, 0) is 0 Å². The summed E-state index contributed by atoms with van der Waals surface area (Å²) in [5.74, 6) is 3.52. The quantitative estimate of drug-likeness (QED) is 0.0764. The maximum absolute atomic E-state index is 13.1. The molecule has 2 aromatic rings. The second kappa shape index (κ2) is 22.2. The molecular formula is C33H50O3S2. The molecule has 0 unspecified atom stereocenters. The van der Waals surface area contributed by atoms with Gasteiger partial charge in [0.25, 0.3) is 0 Å². The Kier molecular flexibility index (Phi) is 19.1. The van der Waals surface area contributed by atoms with Crippen LogP contribution >= 0.6 is 25.3 Å². The van der Waals surface area contributed by atoms with Gasteiger partial charge in [-0.25, -0.2) is 0 Å². The summed E-state index contributed by atoms with van der Waals surface area (Å²) in [6, 6.07) is 15.1. The normalized spacial score (nSPS) is 11.0. The Bertz CT molecular complexity index is 801. The highest BCUT2D eigenvalue weighted by Crippen LogP contribution is 2.21. The van der Waals surface area contributed by atoms with E-state index in [1.54, 1.807) is 0 Å². The number of benzene rings is 2. The first kappa shape index (κ1) is 32.6. The molecule has 212 valence electrons. The summed E-state index contributed by atoms with van der Waals surface area (Å²) in [7, 11) is 0. The number of thiol groups is 2. The van der Waals surface area contributed by atoms with E-state index in [0.29, 0.717) is 24.3 Å². The Morgan fingerprint density at radius 1 is 0.500 bits per heavy atom. The molecule has 0 amide bonds. The lowest BCUT2D eigenvalue weighted by atomic mass is 10.0. The lowest BCUT2D eigenvalue weighted by Gasteiger charge is -2.10. The SMILES string of the molecule is O=C(c1cccc(OCCCCCCCCCCS)c1)c1cccc(OCCCCCCCCCCS)c1. The van der Waals surface area contributed by atoms with Crippen LogP contribution in [0.1, 0.15) is 119 Å². The third-order valence-electron chi connectivity index (χ3n) is 6.83. The number of carbonyl (C=O) groups excluding carboxylic acids is 1. The molecular weight excluding hydrogens is 508 g/mol. The average molecular weight is 559 g/mol. The second-order valence-electron chi connectivity index (χ2n) is 10.2. The minimum atomic E-state index is -0.00302. The van der Waals surface area contributed by atoms with E-state index in [4.69, 9.17) is 9.47 Å². The van der Waals surface area contributed by atoms with Gasteiger partial charge in [-0.2, -0.15) is 25.3 Å². The smallest absolute Gasteiger partial charge is 0.193 e. The van der Waals surface area contributed by atoms with Crippen molar-refractivity contribution in [2.24, 2.45) is 0 Å². The van der Waals surface area contributed by atoms with Gasteiger partial charge in [-0.05, 0) is 61.5 Å². The van der Waals surface area contributed by atoms with Gasteiger partial charge in [-0.3, -0.25) is 4.79 Å². The molecule has 0 saturated heterocycles. The molecule has 0 fully saturated rings. The molecule has 0 N–H and O–H groups in total. The summed E-state index contributed by atoms with van der Waals surface area (Å²) in [5.41, 5.74) is 1.30. The van der Waals surface area contributed by atoms with Gasteiger partial charge in [-0.15, -0.1) is 0 Å². The Morgan fingerprint density at radius 3 is 1.21 bits per heavy atom. The van der Waals surface area contributed by atoms with E-state index in [-0.39, 0.29) is 5.78 Å². The van der Waals surface area contributed by atoms with E-state index in [9.17, 15) is 4.79 Å². The molecule has 2 rings (SSSR count). The molecule has 0 atom stereocenters. The summed E-state index contributed by atoms with van der Waals surface area (Å²) in [6.07, 6.45) is 20.0. The van der Waals surface area contributed by atoms with E-state index < -0.39 is 0 Å². The number of unbranched alkanes of at least 4 members (excludes halogenated alkanes) is 14. The van der Waals surface area contributed by atoms with E-state index in [0.717, 1.165) is 35.8 Å². The number of hydrogen-bond donors (Lipinski definition) is 2. The predicted molar refractivity (Wildman–Crippen MR) is 169 cm³/mol. The van der Waals surface area contributed by atoms with Crippen molar-refractivity contribution in [3.8, 4) is 11.5 Å². The summed E-state index contributed by atoms with van der Waals surface area (Å²) in [4.78, 5) is 13.1. The van der Waals surface area contributed by atoms with Crippen LogP contribution in [0.15, 0.2) is 48.5 Å². The Hall–Kier alpha value is -1.59. The minimum Gasteiger partial charge on any atom is -0.494 e. The standard InChI is InChI=1S/C33H50O3S2/c34-33(29-19-17-21-31(27-29)35-23-13-9-5-1-3-7-11-15-25-37)30-20-18-22-32(28-30)36-24-14-10-6-2-4-8-12-16-26-38/h17-22,27-28,37-38H,1-16,23-26H2. The molecule has 2 aromatic carbocycles. The lowest BCUT2D eigenvalue weighted by molar-refractivity contribution is 0.103. The summed E-state index contributed by atoms with van der Waals surface area (Å²) in [5, 5.41) is 0. The van der Waals surface area contributed by atoms with Gasteiger partial charge in [-0.1, -0.05) is 101 Å². The summed E-state index contributed by atoms with van der Waals surface area (Å²) < 4.78 is 11.9. The van der Waals surface area contributed by atoms with Gasteiger partial charge in [0.2, 0.25) is 0 Å². The van der Waals surface area contributed by atoms with Crippen molar-refractivity contribution < 1.29 is 14.3 Å². The fraction of sp³-hybridized carbons (Fsp3) is 0.606. The Balaban J connectivity index is 1.65. The van der Waals surface area contributed by atoms with Crippen molar-refractivity contribution in [2.45, 2.75) is 103 Å². The molecule has 5 heteroatoms. The van der Waals surface area contributed by atoms with Crippen molar-refractivity contribution in [2.75, 3.05) is 24.7 Å². The molecule has 0 radical (unpaired) electrons. The summed E-state index contributed by atoms with van der Waals surface area (Å²) in [6.45, 7) is 1.38. The first-order chi connectivity index (χ1) is 18.7. The Labute approximate surface area is 243 Å². The van der Waals surface area contributed by atoms with Crippen molar-refractivity contribution in [3.63, 3.8) is 0 Å². The largest absolute Gasteiger partial charge is 0.494 e. The van der Waals surface area contributed by atoms with Gasteiger partial charge >= 0.3 is 0 Å². The van der Waals surface area contributed by atoms with Crippen molar-refractivity contribution in [1.29, 1.82) is 0 Å². The molecule has 0 aromatic heterocycles. The van der Waals surface area contributed by atoms with Gasteiger partial charge < -0.3 is 9.47 Å². The molecule has 0 aliphatic carbocycles. The van der Waals surface area contributed by atoms with E-state index in [2.05, 4.69) is 25.3 Å². The molecule has 0 saturated carbocycles. The van der Waals surface area contributed by atoms with Crippen LogP contribution in [0.2, 0.25) is 0 Å². The third kappa shape index (κ3) is 15.1. The van der Waals surface area contributed by atoms with Crippen LogP contribution in [0.4, 0.5) is 0 Å². The minimum absolute atomic E-state index is 0.00302. The van der Waals surface area contributed by atoms with Gasteiger partial charge in [0.1, 0.15) is 11.5 Å². The fourth-order valence-corrected chi connectivity index (χ4v) is 5.00. The first-order valence-corrected chi connectivity index (χ1v) is 16.2. The molecule has 0 aliphatic heterocycles. The fourth-order valence-electron chi connectivity index (χ4n) is 4.55. The molecule has 38 heavy (non-hydrogen) atoms. The first-order valence-electron chi connectivity index (χ1n) is 15.0. The maximum Gasteiger partial charge on any atom is 0.193 e. The molecule has 0 aliphatic rings. The number of ether oxygens (including phenoxy) is 2. The zero-order chi connectivity index (χ0) is 27.1. The number of carbonyl (C=O) groups is 1. The van der Waals surface area contributed by atoms with E-state index in [1.165, 1.54) is 89.9 Å². The topological polar surface area (TPSA) is 35.5 Å². The van der Waals surface area contributed by atoms with E-state index in [1.807, 2.05) is 48.5 Å². The predicted octanol–water partition coefficient (Wildman–Crippen LogP) is 9.78. The second-order valence-corrected chi connectivity index (χ2v) is 11.1.